The van der Waals surface area contributed by atoms with E-state index in [0.29, 0.717) is 19.3 Å². The molecule has 2 saturated heterocycles. The summed E-state index contributed by atoms with van der Waals surface area (Å²) in [6.07, 6.45) is 4.45. The van der Waals surface area contributed by atoms with Crippen LogP contribution in [-0.4, -0.2) is 56.5 Å². The van der Waals surface area contributed by atoms with Crippen LogP contribution in [0.5, 0.6) is 0 Å². The summed E-state index contributed by atoms with van der Waals surface area (Å²) in [5.41, 5.74) is 1.43. The lowest BCUT2D eigenvalue weighted by atomic mass is 9.95. The van der Waals surface area contributed by atoms with Gasteiger partial charge in [-0.2, -0.15) is 10.5 Å². The third-order valence-corrected chi connectivity index (χ3v) is 7.85. The zero-order valence-electron chi connectivity index (χ0n) is 27.1. The monoisotopic (exact) mass is 706 g/mol. The van der Waals surface area contributed by atoms with Gasteiger partial charge in [-0.15, -0.1) is 0 Å². The molecule has 1 unspecified atom stereocenters. The number of hydrogen-bond donors (Lipinski definition) is 0. The molecule has 2 aromatic rings. The Morgan fingerprint density at radius 2 is 1.60 bits per heavy atom. The number of nitrogens with zero attached hydrogens (tertiary/aromatic N) is 4. The number of nitriles is 2. The summed E-state index contributed by atoms with van der Waals surface area (Å²) in [5.74, 6) is -6.14. The Morgan fingerprint density at radius 3 is 2.12 bits per heavy atom. The van der Waals surface area contributed by atoms with Crippen LogP contribution in [0.4, 0.5) is 20.2 Å². The fourth-order valence-corrected chi connectivity index (χ4v) is 5.12. The van der Waals surface area contributed by atoms with Crippen molar-refractivity contribution < 1.29 is 37.4 Å². The molecular weight excluding hydrogens is 669 g/mol. The molecule has 0 N–H and O–H groups in total. The van der Waals surface area contributed by atoms with Crippen molar-refractivity contribution in [1.82, 2.24) is 0 Å². The third kappa shape index (κ3) is 11.0. The van der Waals surface area contributed by atoms with Crippen LogP contribution in [0.1, 0.15) is 64.0 Å². The lowest BCUT2D eigenvalue weighted by Crippen LogP contribution is -2.46. The maximum absolute atomic E-state index is 14.3. The molecule has 0 aromatic heterocycles. The molecule has 0 radical (unpaired) electrons. The topological polar surface area (TPSA) is 141 Å². The van der Waals surface area contributed by atoms with Crippen molar-refractivity contribution in [2.45, 2.75) is 65.7 Å². The van der Waals surface area contributed by atoms with Crippen LogP contribution in [0, 0.1) is 40.2 Å². The molecule has 1 atom stereocenters. The van der Waals surface area contributed by atoms with E-state index < -0.39 is 41.1 Å². The predicted octanol–water partition coefficient (Wildman–Crippen LogP) is 6.53. The van der Waals surface area contributed by atoms with Gasteiger partial charge in [-0.05, 0) is 80.8 Å². The first-order chi connectivity index (χ1) is 22.9. The second-order valence-electron chi connectivity index (χ2n) is 10.6. The zero-order chi connectivity index (χ0) is 35.8. The Kier molecular flexibility index (Phi) is 17.0. The fourth-order valence-electron chi connectivity index (χ4n) is 4.65. The van der Waals surface area contributed by atoms with Crippen molar-refractivity contribution in [2.24, 2.45) is 5.92 Å². The van der Waals surface area contributed by atoms with Gasteiger partial charge in [0.05, 0.1) is 40.2 Å². The maximum atomic E-state index is 14.3. The van der Waals surface area contributed by atoms with Crippen molar-refractivity contribution >= 4 is 58.1 Å². The van der Waals surface area contributed by atoms with Crippen molar-refractivity contribution in [3.8, 4) is 12.1 Å². The van der Waals surface area contributed by atoms with Gasteiger partial charge in [-0.25, -0.2) is 13.6 Å². The fraction of sp³-hybridized carbons (Fsp3) is 0.471. The predicted molar refractivity (Wildman–Crippen MR) is 177 cm³/mol. The maximum Gasteiger partial charge on any atom is 0.397 e. The van der Waals surface area contributed by atoms with Crippen molar-refractivity contribution in [3.05, 3.63) is 57.1 Å². The Labute approximate surface area is 289 Å². The normalized spacial score (nSPS) is 15.3. The second kappa shape index (κ2) is 20.3. The minimum absolute atomic E-state index is 0.00379. The van der Waals surface area contributed by atoms with E-state index in [9.17, 15) is 28.0 Å². The van der Waals surface area contributed by atoms with Crippen molar-refractivity contribution in [1.29, 1.82) is 10.5 Å². The number of aryl methyl sites for hydroxylation is 2. The van der Waals surface area contributed by atoms with Gasteiger partial charge < -0.3 is 14.4 Å². The number of ketones is 1. The summed E-state index contributed by atoms with van der Waals surface area (Å²) in [5, 5.41) is 17.2. The average molecular weight is 708 g/mol. The highest BCUT2D eigenvalue weighted by molar-refractivity contribution is 6.43. The van der Waals surface area contributed by atoms with E-state index in [1.807, 2.05) is 19.9 Å². The van der Waals surface area contributed by atoms with Gasteiger partial charge in [0.2, 0.25) is 5.78 Å². The van der Waals surface area contributed by atoms with Crippen LogP contribution in [0.2, 0.25) is 10.0 Å². The molecular formula is C34H38Cl2F2N4O6. The molecule has 2 aliphatic rings. The highest BCUT2D eigenvalue weighted by Gasteiger charge is 2.37. The molecule has 14 heteroatoms. The van der Waals surface area contributed by atoms with Gasteiger partial charge in [0.1, 0.15) is 5.92 Å². The van der Waals surface area contributed by atoms with Crippen LogP contribution < -0.4 is 9.80 Å². The van der Waals surface area contributed by atoms with Gasteiger partial charge >= 0.3 is 11.9 Å². The molecule has 48 heavy (non-hydrogen) atoms. The van der Waals surface area contributed by atoms with Crippen LogP contribution in [0.15, 0.2) is 24.3 Å². The summed E-state index contributed by atoms with van der Waals surface area (Å²) in [4.78, 5) is 49.7. The molecule has 2 aromatic carbocycles. The van der Waals surface area contributed by atoms with E-state index in [2.05, 4.69) is 4.74 Å². The van der Waals surface area contributed by atoms with Crippen LogP contribution >= 0.6 is 23.2 Å². The Morgan fingerprint density at radius 1 is 1.00 bits per heavy atom. The number of esters is 1. The SMILES string of the molecule is C1CCOC1.CCOC(=O)C(=O)N(CCCC#N)c1cc(CC)cc(Cl)c1F.CCc1cc(Cl)c(F)c(N2CCC(C#N)C(=O)C2=O)c1. The van der Waals surface area contributed by atoms with E-state index >= 15 is 0 Å². The number of amides is 2. The minimum atomic E-state index is -1.07. The molecule has 2 aliphatic heterocycles. The summed E-state index contributed by atoms with van der Waals surface area (Å²) >= 11 is 11.7. The lowest BCUT2D eigenvalue weighted by Gasteiger charge is -2.28. The number of Topliss-reactive ketones (excluding diaryl/α,β-unsaturated/α-hetero) is 1. The molecule has 0 aliphatic carbocycles. The number of carbonyl (C=O) groups excluding carboxylic acids is 4. The number of piperidine rings is 1. The number of anilines is 2. The summed E-state index contributed by atoms with van der Waals surface area (Å²) < 4.78 is 38.1. The summed E-state index contributed by atoms with van der Waals surface area (Å²) in [6, 6.07) is 9.69. The molecule has 4 rings (SSSR count). The number of ether oxygens (including phenoxy) is 2. The molecule has 0 saturated carbocycles. The molecule has 0 bridgehead atoms. The first-order valence-electron chi connectivity index (χ1n) is 15.6. The smallest absolute Gasteiger partial charge is 0.397 e. The summed E-state index contributed by atoms with van der Waals surface area (Å²) in [7, 11) is 0. The number of hydrogen-bond acceptors (Lipinski definition) is 8. The number of benzene rings is 2. The van der Waals surface area contributed by atoms with E-state index in [1.54, 1.807) is 13.0 Å². The standard InChI is InChI=1S/C16H18ClFN2O3.C14H12ClFN2O2.C4H8O/c1-3-11-9-12(17)14(18)13(10-11)20(8-6-5-7-19)15(21)16(22)23-4-2;1-2-8-5-10(15)12(16)11(6-8)18-4-3-9(7-17)13(19)14(18)20;1-2-4-5-3-1/h9-10H,3-6,8H2,1-2H3;5-6,9H,2-4H2,1H3;1-4H2. The highest BCUT2D eigenvalue weighted by atomic mass is 35.5. The van der Waals surface area contributed by atoms with E-state index in [-0.39, 0.29) is 54.0 Å². The van der Waals surface area contributed by atoms with E-state index in [4.69, 9.17) is 38.5 Å². The molecule has 2 heterocycles. The van der Waals surface area contributed by atoms with E-state index in [0.717, 1.165) is 34.1 Å². The second-order valence-corrected chi connectivity index (χ2v) is 11.4. The quantitative estimate of drug-likeness (QED) is 0.172. The Bertz CT molecular complexity index is 1550. The first-order valence-corrected chi connectivity index (χ1v) is 16.3. The Balaban J connectivity index is 0.000000292. The minimum Gasteiger partial charge on any atom is -0.459 e. The zero-order valence-corrected chi connectivity index (χ0v) is 28.6. The number of rotatable bonds is 8. The van der Waals surface area contributed by atoms with Gasteiger partial charge in [0.25, 0.3) is 5.91 Å². The Hall–Kier alpha value is -4.10. The molecule has 10 nitrogen and oxygen atoms in total. The van der Waals surface area contributed by atoms with Gasteiger partial charge in [-0.1, -0.05) is 37.0 Å². The van der Waals surface area contributed by atoms with Crippen molar-refractivity contribution in [3.63, 3.8) is 0 Å². The molecule has 258 valence electrons. The van der Waals surface area contributed by atoms with Crippen LogP contribution in [0.25, 0.3) is 0 Å². The first kappa shape index (κ1) is 40.1. The van der Waals surface area contributed by atoms with E-state index in [1.165, 1.54) is 37.1 Å². The van der Waals surface area contributed by atoms with Crippen molar-refractivity contribution in [2.75, 3.05) is 42.7 Å². The average Bonchev–Trinajstić information content (AvgIpc) is 3.68. The number of carbonyl (C=O) groups is 4. The van der Waals surface area contributed by atoms with Gasteiger partial charge in [0, 0.05) is 32.7 Å². The lowest BCUT2D eigenvalue weighted by molar-refractivity contribution is -0.153. The molecule has 2 fully saturated rings. The molecule has 0 spiro atoms. The number of unbranched alkanes of at least 4 members (excludes halogenated alkanes) is 1. The van der Waals surface area contributed by atoms with Gasteiger partial charge in [-0.3, -0.25) is 19.3 Å². The largest absolute Gasteiger partial charge is 0.459 e. The number of halogens is 4. The highest BCUT2D eigenvalue weighted by Crippen LogP contribution is 2.31. The third-order valence-electron chi connectivity index (χ3n) is 7.30. The van der Waals surface area contributed by atoms with Crippen LogP contribution in [-0.2, 0) is 41.5 Å². The molecule has 2 amide bonds. The van der Waals surface area contributed by atoms with Gasteiger partial charge in [0.15, 0.2) is 11.6 Å². The van der Waals surface area contributed by atoms with Crippen LogP contribution in [0.3, 0.4) is 0 Å². The summed E-state index contributed by atoms with van der Waals surface area (Å²) in [6.45, 7) is 7.49.